The molecule has 28 heavy (non-hydrogen) atoms. The fourth-order valence-corrected chi connectivity index (χ4v) is 3.27. The number of nitrogens with zero attached hydrogens (tertiary/aromatic N) is 3. The van der Waals surface area contributed by atoms with Crippen LogP contribution in [0.1, 0.15) is 16.2 Å². The molecule has 4 rings (SSSR count). The highest BCUT2D eigenvalue weighted by molar-refractivity contribution is 6.04. The van der Waals surface area contributed by atoms with Gasteiger partial charge in [-0.15, -0.1) is 0 Å². The van der Waals surface area contributed by atoms with Crippen molar-refractivity contribution in [1.82, 2.24) is 9.78 Å². The van der Waals surface area contributed by atoms with Crippen LogP contribution in [0.5, 0.6) is 0 Å². The number of nitrogens with one attached hydrogen (secondary N) is 1. The molecule has 1 N–H and O–H groups in total. The van der Waals surface area contributed by atoms with E-state index in [4.69, 9.17) is 4.74 Å². The Bertz CT molecular complexity index is 978. The van der Waals surface area contributed by atoms with Gasteiger partial charge in [-0.05, 0) is 49.4 Å². The molecule has 3 aromatic rings. The molecule has 2 aromatic carbocycles. The van der Waals surface area contributed by atoms with Crippen molar-refractivity contribution in [1.29, 1.82) is 0 Å². The van der Waals surface area contributed by atoms with Gasteiger partial charge in [0.05, 0.1) is 30.3 Å². The van der Waals surface area contributed by atoms with E-state index < -0.39 is 0 Å². The number of ether oxygens (including phenoxy) is 1. The molecule has 144 valence electrons. The topological polar surface area (TPSA) is 59.4 Å². The summed E-state index contributed by atoms with van der Waals surface area (Å²) in [4.78, 5) is 15.0. The number of carbonyl (C=O) groups is 1. The molecule has 0 radical (unpaired) electrons. The van der Waals surface area contributed by atoms with Crippen LogP contribution >= 0.6 is 0 Å². The van der Waals surface area contributed by atoms with E-state index in [9.17, 15) is 9.18 Å². The van der Waals surface area contributed by atoms with Crippen LogP contribution in [0.4, 0.5) is 15.8 Å². The third kappa shape index (κ3) is 3.75. The van der Waals surface area contributed by atoms with E-state index in [2.05, 4.69) is 15.3 Å². The molecular formula is C21H21FN4O2. The van der Waals surface area contributed by atoms with E-state index in [0.717, 1.165) is 30.2 Å². The van der Waals surface area contributed by atoms with Crippen LogP contribution in [0.3, 0.4) is 0 Å². The van der Waals surface area contributed by atoms with Gasteiger partial charge in [-0.25, -0.2) is 9.07 Å². The monoisotopic (exact) mass is 380 g/mol. The van der Waals surface area contributed by atoms with Gasteiger partial charge in [0.1, 0.15) is 5.82 Å². The first-order valence-electron chi connectivity index (χ1n) is 9.17. The Morgan fingerprint density at radius 2 is 1.82 bits per heavy atom. The van der Waals surface area contributed by atoms with Crippen molar-refractivity contribution in [2.24, 2.45) is 0 Å². The number of carbonyl (C=O) groups excluding carboxylic acids is 1. The van der Waals surface area contributed by atoms with Crippen LogP contribution in [-0.2, 0) is 4.74 Å². The Labute approximate surface area is 162 Å². The van der Waals surface area contributed by atoms with Crippen molar-refractivity contribution < 1.29 is 13.9 Å². The van der Waals surface area contributed by atoms with Gasteiger partial charge in [0.2, 0.25) is 0 Å². The van der Waals surface area contributed by atoms with Crippen LogP contribution in [0.15, 0.2) is 54.6 Å². The fourth-order valence-electron chi connectivity index (χ4n) is 3.27. The Balaban J connectivity index is 1.56. The van der Waals surface area contributed by atoms with Crippen molar-refractivity contribution in [3.63, 3.8) is 0 Å². The van der Waals surface area contributed by atoms with Crippen LogP contribution in [0.25, 0.3) is 5.69 Å². The Morgan fingerprint density at radius 1 is 1.11 bits per heavy atom. The zero-order chi connectivity index (χ0) is 19.5. The van der Waals surface area contributed by atoms with E-state index in [-0.39, 0.29) is 11.7 Å². The van der Waals surface area contributed by atoms with E-state index in [1.807, 2.05) is 31.2 Å². The lowest BCUT2D eigenvalue weighted by Crippen LogP contribution is -2.36. The van der Waals surface area contributed by atoms with Crippen LogP contribution < -0.4 is 10.2 Å². The molecule has 1 aromatic heterocycles. The average molecular weight is 380 g/mol. The van der Waals surface area contributed by atoms with Crippen LogP contribution in [-0.4, -0.2) is 42.0 Å². The van der Waals surface area contributed by atoms with E-state index in [0.29, 0.717) is 24.6 Å². The van der Waals surface area contributed by atoms with Gasteiger partial charge in [0, 0.05) is 18.8 Å². The first-order valence-corrected chi connectivity index (χ1v) is 9.17. The van der Waals surface area contributed by atoms with Gasteiger partial charge in [0.25, 0.3) is 5.91 Å². The quantitative estimate of drug-likeness (QED) is 0.754. The van der Waals surface area contributed by atoms with Crippen molar-refractivity contribution in [3.05, 3.63) is 71.8 Å². The number of benzene rings is 2. The normalized spacial score (nSPS) is 14.1. The van der Waals surface area contributed by atoms with Crippen LogP contribution in [0.2, 0.25) is 0 Å². The molecule has 1 aliphatic rings. The highest BCUT2D eigenvalue weighted by atomic mass is 19.1. The molecule has 0 saturated carbocycles. The molecule has 0 aliphatic carbocycles. The molecule has 7 heteroatoms. The number of hydrogen-bond donors (Lipinski definition) is 1. The van der Waals surface area contributed by atoms with E-state index in [1.165, 1.54) is 12.1 Å². The number of anilines is 2. The maximum absolute atomic E-state index is 13.2. The molecule has 0 bridgehead atoms. The summed E-state index contributed by atoms with van der Waals surface area (Å²) in [6, 6.07) is 15.4. The van der Waals surface area contributed by atoms with Crippen molar-refractivity contribution in [3.8, 4) is 5.69 Å². The number of amides is 1. The number of morpholine rings is 1. The molecule has 1 fully saturated rings. The van der Waals surface area contributed by atoms with Crippen molar-refractivity contribution in [2.45, 2.75) is 6.92 Å². The second-order valence-corrected chi connectivity index (χ2v) is 6.63. The lowest BCUT2D eigenvalue weighted by molar-refractivity contribution is 0.102. The summed E-state index contributed by atoms with van der Waals surface area (Å²) < 4.78 is 20.2. The minimum absolute atomic E-state index is 0.287. The lowest BCUT2D eigenvalue weighted by atomic mass is 10.2. The fraction of sp³-hybridized carbons (Fsp3) is 0.238. The van der Waals surface area contributed by atoms with Gasteiger partial charge >= 0.3 is 0 Å². The zero-order valence-electron chi connectivity index (χ0n) is 15.6. The molecule has 0 atom stereocenters. The second-order valence-electron chi connectivity index (χ2n) is 6.63. The molecule has 6 nitrogen and oxygen atoms in total. The predicted molar refractivity (Wildman–Crippen MR) is 106 cm³/mol. The minimum atomic E-state index is -0.314. The number of aromatic nitrogens is 2. The van der Waals surface area contributed by atoms with Gasteiger partial charge in [-0.3, -0.25) is 4.79 Å². The summed E-state index contributed by atoms with van der Waals surface area (Å²) in [7, 11) is 0. The summed E-state index contributed by atoms with van der Waals surface area (Å²) in [6.07, 6.45) is 0. The first kappa shape index (κ1) is 18.2. The van der Waals surface area contributed by atoms with E-state index >= 15 is 0 Å². The lowest BCUT2D eigenvalue weighted by Gasteiger charge is -2.30. The molecular weight excluding hydrogens is 359 g/mol. The number of rotatable bonds is 4. The molecule has 1 aliphatic heterocycles. The highest BCUT2D eigenvalue weighted by Crippen LogP contribution is 2.27. The number of aryl methyl sites for hydroxylation is 1. The summed E-state index contributed by atoms with van der Waals surface area (Å²) in [6.45, 7) is 4.76. The second kappa shape index (κ2) is 7.82. The smallest absolute Gasteiger partial charge is 0.276 e. The molecule has 1 saturated heterocycles. The third-order valence-electron chi connectivity index (χ3n) is 4.70. The largest absolute Gasteiger partial charge is 0.378 e. The first-order chi connectivity index (χ1) is 13.6. The van der Waals surface area contributed by atoms with Crippen molar-refractivity contribution in [2.75, 3.05) is 36.5 Å². The number of para-hydroxylation sites is 2. The third-order valence-corrected chi connectivity index (χ3v) is 4.70. The summed E-state index contributed by atoms with van der Waals surface area (Å²) in [5, 5.41) is 7.36. The summed E-state index contributed by atoms with van der Waals surface area (Å²) >= 11 is 0. The maximum Gasteiger partial charge on any atom is 0.276 e. The minimum Gasteiger partial charge on any atom is -0.378 e. The van der Waals surface area contributed by atoms with Crippen LogP contribution in [0, 0.1) is 12.7 Å². The Morgan fingerprint density at radius 3 is 2.57 bits per heavy atom. The number of halogens is 1. The summed E-state index contributed by atoms with van der Waals surface area (Å²) in [5.74, 6) is -0.601. The average Bonchev–Trinajstić information content (AvgIpc) is 3.11. The molecule has 2 heterocycles. The predicted octanol–water partition coefficient (Wildman–Crippen LogP) is 3.41. The SMILES string of the molecule is Cc1cc(C(=O)Nc2ccccc2N2CCOCC2)nn1-c1ccc(F)cc1. The van der Waals surface area contributed by atoms with E-state index in [1.54, 1.807) is 22.9 Å². The Kier molecular flexibility index (Phi) is 5.08. The van der Waals surface area contributed by atoms with Crippen molar-refractivity contribution >= 4 is 17.3 Å². The molecule has 1 amide bonds. The maximum atomic E-state index is 13.2. The standard InChI is InChI=1S/C21H21FN4O2/c1-15-14-19(24-26(15)17-8-6-16(22)7-9-17)21(27)23-18-4-2-3-5-20(18)25-10-12-28-13-11-25/h2-9,14H,10-13H2,1H3,(H,23,27). The summed E-state index contributed by atoms with van der Waals surface area (Å²) in [5.41, 5.74) is 3.50. The molecule has 0 spiro atoms. The van der Waals surface area contributed by atoms with Gasteiger partial charge < -0.3 is 15.0 Å². The van der Waals surface area contributed by atoms with Gasteiger partial charge in [0.15, 0.2) is 5.69 Å². The zero-order valence-corrected chi connectivity index (χ0v) is 15.6. The Hall–Kier alpha value is -3.19. The van der Waals surface area contributed by atoms with Gasteiger partial charge in [-0.2, -0.15) is 5.10 Å². The highest BCUT2D eigenvalue weighted by Gasteiger charge is 2.18. The number of hydrogen-bond acceptors (Lipinski definition) is 4. The molecule has 0 unspecified atom stereocenters. The van der Waals surface area contributed by atoms with Gasteiger partial charge in [-0.1, -0.05) is 12.1 Å².